The van der Waals surface area contributed by atoms with E-state index < -0.39 is 10.0 Å². The van der Waals surface area contributed by atoms with E-state index in [-0.39, 0.29) is 10.6 Å². The predicted molar refractivity (Wildman–Crippen MR) is 73.1 cm³/mol. The summed E-state index contributed by atoms with van der Waals surface area (Å²) in [6.45, 7) is 3.36. The zero-order chi connectivity index (χ0) is 14.3. The monoisotopic (exact) mass is 296 g/mol. The minimum atomic E-state index is -3.51. The summed E-state index contributed by atoms with van der Waals surface area (Å²) in [5, 5.41) is 4.11. The van der Waals surface area contributed by atoms with Crippen LogP contribution in [-0.4, -0.2) is 40.0 Å². The molecule has 3 heterocycles. The zero-order valence-corrected chi connectivity index (χ0v) is 12.0. The van der Waals surface area contributed by atoms with E-state index in [1.54, 1.807) is 6.07 Å². The number of hydrogen-bond acceptors (Lipinski definition) is 4. The number of aryl methyl sites for hydroxylation is 1. The van der Waals surface area contributed by atoms with Gasteiger partial charge in [0.1, 0.15) is 0 Å². The number of aromatic nitrogens is 3. The van der Waals surface area contributed by atoms with Crippen molar-refractivity contribution in [2.24, 2.45) is 0 Å². The highest BCUT2D eigenvalue weighted by Crippen LogP contribution is 2.20. The van der Waals surface area contributed by atoms with Gasteiger partial charge in [0.25, 0.3) is 0 Å². The molecule has 1 aliphatic rings. The SMILES string of the molecule is CCn1nc2ccc(S(=O)(=O)N3CCCC3)cn2c1=O. The average molecular weight is 296 g/mol. The molecule has 0 unspecified atom stereocenters. The van der Waals surface area contributed by atoms with Gasteiger partial charge in [-0.3, -0.25) is 0 Å². The first-order chi connectivity index (χ1) is 9.54. The number of fused-ring (bicyclic) bond motifs is 1. The molecule has 0 atom stereocenters. The van der Waals surface area contributed by atoms with E-state index in [0.29, 0.717) is 25.3 Å². The first-order valence-electron chi connectivity index (χ1n) is 6.63. The standard InChI is InChI=1S/C12H16N4O3S/c1-2-16-12(17)15-9-10(5-6-11(15)13-16)20(18,19)14-7-3-4-8-14/h5-6,9H,2-4,7-8H2,1H3. The minimum absolute atomic E-state index is 0.143. The van der Waals surface area contributed by atoms with Crippen molar-refractivity contribution in [2.75, 3.05) is 13.1 Å². The van der Waals surface area contributed by atoms with Crippen molar-refractivity contribution in [2.45, 2.75) is 31.2 Å². The molecule has 3 rings (SSSR count). The van der Waals surface area contributed by atoms with Gasteiger partial charge in [0, 0.05) is 25.8 Å². The van der Waals surface area contributed by atoms with Crippen molar-refractivity contribution in [3.63, 3.8) is 0 Å². The van der Waals surface area contributed by atoms with Crippen LogP contribution in [0.1, 0.15) is 19.8 Å². The molecule has 20 heavy (non-hydrogen) atoms. The van der Waals surface area contributed by atoms with Crippen LogP contribution in [0, 0.1) is 0 Å². The maximum Gasteiger partial charge on any atom is 0.350 e. The summed E-state index contributed by atoms with van der Waals surface area (Å²) in [4.78, 5) is 12.2. The van der Waals surface area contributed by atoms with Gasteiger partial charge in [0.05, 0.1) is 4.90 Å². The normalized spacial score (nSPS) is 17.1. The quantitative estimate of drug-likeness (QED) is 0.816. The number of rotatable bonds is 3. The van der Waals surface area contributed by atoms with Crippen LogP contribution < -0.4 is 5.69 Å². The lowest BCUT2D eigenvalue weighted by atomic mass is 10.4. The molecule has 2 aromatic heterocycles. The Morgan fingerprint density at radius 1 is 1.25 bits per heavy atom. The molecule has 0 aliphatic carbocycles. The van der Waals surface area contributed by atoms with Crippen LogP contribution in [0.15, 0.2) is 28.0 Å². The third kappa shape index (κ3) is 1.95. The Hall–Kier alpha value is -1.67. The molecule has 2 aromatic rings. The van der Waals surface area contributed by atoms with E-state index in [1.165, 1.54) is 25.7 Å². The van der Waals surface area contributed by atoms with Gasteiger partial charge in [-0.2, -0.15) is 4.31 Å². The molecule has 0 bridgehead atoms. The van der Waals surface area contributed by atoms with Crippen molar-refractivity contribution in [3.8, 4) is 0 Å². The molecule has 0 saturated carbocycles. The third-order valence-corrected chi connectivity index (χ3v) is 5.43. The highest BCUT2D eigenvalue weighted by atomic mass is 32.2. The van der Waals surface area contributed by atoms with E-state index >= 15 is 0 Å². The van der Waals surface area contributed by atoms with Crippen LogP contribution in [0.2, 0.25) is 0 Å². The molecular formula is C12H16N4O3S. The molecule has 0 amide bonds. The molecule has 0 aromatic carbocycles. The number of pyridine rings is 1. The van der Waals surface area contributed by atoms with Crippen LogP contribution in [0.5, 0.6) is 0 Å². The maximum atomic E-state index is 12.4. The van der Waals surface area contributed by atoms with E-state index in [1.807, 2.05) is 6.92 Å². The molecule has 0 spiro atoms. The Labute approximate surface area is 116 Å². The highest BCUT2D eigenvalue weighted by Gasteiger charge is 2.27. The van der Waals surface area contributed by atoms with Crippen LogP contribution in [-0.2, 0) is 16.6 Å². The second-order valence-corrected chi connectivity index (χ2v) is 6.74. The third-order valence-electron chi connectivity index (χ3n) is 3.55. The topological polar surface area (TPSA) is 76.7 Å². The van der Waals surface area contributed by atoms with Gasteiger partial charge in [0.15, 0.2) is 5.65 Å². The Kier molecular flexibility index (Phi) is 3.14. The van der Waals surface area contributed by atoms with Crippen LogP contribution in [0.3, 0.4) is 0 Å². The molecule has 108 valence electrons. The summed E-state index contributed by atoms with van der Waals surface area (Å²) in [6.07, 6.45) is 3.13. The van der Waals surface area contributed by atoms with E-state index in [4.69, 9.17) is 0 Å². The van der Waals surface area contributed by atoms with Crippen LogP contribution in [0.25, 0.3) is 5.65 Å². The highest BCUT2D eigenvalue weighted by molar-refractivity contribution is 7.89. The first kappa shape index (κ1) is 13.3. The average Bonchev–Trinajstić information content (AvgIpc) is 3.07. The lowest BCUT2D eigenvalue weighted by Gasteiger charge is -2.15. The molecule has 0 radical (unpaired) electrons. The molecule has 1 saturated heterocycles. The van der Waals surface area contributed by atoms with Gasteiger partial charge >= 0.3 is 5.69 Å². The molecular weight excluding hydrogens is 280 g/mol. The van der Waals surface area contributed by atoms with Crippen molar-refractivity contribution >= 4 is 15.7 Å². The molecule has 1 aliphatic heterocycles. The van der Waals surface area contributed by atoms with Crippen molar-refractivity contribution in [3.05, 3.63) is 28.8 Å². The Morgan fingerprint density at radius 3 is 2.60 bits per heavy atom. The number of sulfonamides is 1. The van der Waals surface area contributed by atoms with Crippen molar-refractivity contribution in [1.29, 1.82) is 0 Å². The van der Waals surface area contributed by atoms with Gasteiger partial charge in [-0.1, -0.05) is 0 Å². The summed E-state index contributed by atoms with van der Waals surface area (Å²) in [5.74, 6) is 0. The fourth-order valence-corrected chi connectivity index (χ4v) is 3.95. The van der Waals surface area contributed by atoms with E-state index in [9.17, 15) is 13.2 Å². The second kappa shape index (κ2) is 4.71. The van der Waals surface area contributed by atoms with Gasteiger partial charge in [-0.25, -0.2) is 22.3 Å². The largest absolute Gasteiger partial charge is 0.350 e. The van der Waals surface area contributed by atoms with E-state index in [0.717, 1.165) is 12.8 Å². The van der Waals surface area contributed by atoms with Gasteiger partial charge in [-0.05, 0) is 31.9 Å². The van der Waals surface area contributed by atoms with E-state index in [2.05, 4.69) is 5.10 Å². The lowest BCUT2D eigenvalue weighted by Crippen LogP contribution is -2.28. The van der Waals surface area contributed by atoms with Crippen LogP contribution >= 0.6 is 0 Å². The van der Waals surface area contributed by atoms with Gasteiger partial charge in [0.2, 0.25) is 10.0 Å². The fraction of sp³-hybridized carbons (Fsp3) is 0.500. The van der Waals surface area contributed by atoms with Gasteiger partial charge < -0.3 is 0 Å². The molecule has 1 fully saturated rings. The second-order valence-electron chi connectivity index (χ2n) is 4.80. The lowest BCUT2D eigenvalue weighted by molar-refractivity contribution is 0.477. The smallest absolute Gasteiger partial charge is 0.249 e. The summed E-state index contributed by atoms with van der Waals surface area (Å²) in [5.41, 5.74) is 0.137. The first-order valence-corrected chi connectivity index (χ1v) is 8.07. The van der Waals surface area contributed by atoms with Gasteiger partial charge in [-0.15, -0.1) is 5.10 Å². The van der Waals surface area contributed by atoms with Crippen molar-refractivity contribution < 1.29 is 8.42 Å². The maximum absolute atomic E-state index is 12.4. The zero-order valence-electron chi connectivity index (χ0n) is 11.2. The van der Waals surface area contributed by atoms with Crippen LogP contribution in [0.4, 0.5) is 0 Å². The Morgan fingerprint density at radius 2 is 1.95 bits per heavy atom. The minimum Gasteiger partial charge on any atom is -0.249 e. The summed E-state index contributed by atoms with van der Waals surface area (Å²) >= 11 is 0. The van der Waals surface area contributed by atoms with Crippen molar-refractivity contribution in [1.82, 2.24) is 18.5 Å². The molecule has 8 heteroatoms. The summed E-state index contributed by atoms with van der Waals surface area (Å²) in [6, 6.07) is 3.08. The predicted octanol–water partition coefficient (Wildman–Crippen LogP) is 0.300. The fourth-order valence-electron chi connectivity index (χ4n) is 2.44. The Balaban J connectivity index is 2.13. The summed E-state index contributed by atoms with van der Waals surface area (Å²) < 4.78 is 29.0. The number of hydrogen-bond donors (Lipinski definition) is 0. The molecule has 7 nitrogen and oxygen atoms in total. The molecule has 0 N–H and O–H groups in total. The summed E-state index contributed by atoms with van der Waals surface area (Å²) in [7, 11) is -3.51. The number of nitrogens with zero attached hydrogens (tertiary/aromatic N) is 4. The Bertz CT molecular complexity index is 800.